The Morgan fingerprint density at radius 1 is 1.04 bits per heavy atom. The van der Waals surface area contributed by atoms with Gasteiger partial charge < -0.3 is 34.5 Å². The predicted octanol–water partition coefficient (Wildman–Crippen LogP) is 1.16. The van der Waals surface area contributed by atoms with E-state index in [0.29, 0.717) is 5.56 Å². The second-order valence-electron chi connectivity index (χ2n) is 5.90. The summed E-state index contributed by atoms with van der Waals surface area (Å²) in [5.41, 5.74) is -4.93. The molecule has 0 aromatic heterocycles. The molecule has 0 saturated heterocycles. The molecule has 1 aromatic carbocycles. The molecule has 0 radical (unpaired) electrons. The van der Waals surface area contributed by atoms with Gasteiger partial charge in [0.25, 0.3) is 0 Å². The molecule has 158 valence electrons. The van der Waals surface area contributed by atoms with Gasteiger partial charge in [-0.2, -0.15) is 0 Å². The number of hydrogen-bond acceptors (Lipinski definition) is 5. The van der Waals surface area contributed by atoms with E-state index in [1.165, 1.54) is 25.3 Å². The SMILES string of the molecule is COc1ccc(Cl)cc1CCC(C(C(=O)O)P(=O)(O)O)C(C(=O)O)P(=O)(O)O. The molecule has 0 aliphatic heterocycles. The van der Waals surface area contributed by atoms with Crippen LogP contribution in [0.3, 0.4) is 0 Å². The highest BCUT2D eigenvalue weighted by Gasteiger charge is 2.53. The summed E-state index contributed by atoms with van der Waals surface area (Å²) < 4.78 is 28.4. The molecular weight excluding hydrogens is 442 g/mol. The minimum Gasteiger partial charge on any atom is -0.496 e. The molecular formula is C14H19ClO11P2. The van der Waals surface area contributed by atoms with E-state index in [0.717, 1.165) is 0 Å². The molecule has 1 rings (SSSR count). The van der Waals surface area contributed by atoms with Gasteiger partial charge in [0, 0.05) is 10.9 Å². The Hall–Kier alpha value is -1.45. The minimum absolute atomic E-state index is 0.206. The molecule has 2 atom stereocenters. The van der Waals surface area contributed by atoms with Crippen molar-refractivity contribution < 1.29 is 53.2 Å². The Balaban J connectivity index is 3.45. The molecule has 0 aliphatic rings. The highest BCUT2D eigenvalue weighted by molar-refractivity contribution is 7.55. The number of benzene rings is 1. The smallest absolute Gasteiger partial charge is 0.340 e. The lowest BCUT2D eigenvalue weighted by Gasteiger charge is -2.30. The number of hydrogen-bond donors (Lipinski definition) is 6. The van der Waals surface area contributed by atoms with Crippen molar-refractivity contribution in [3.8, 4) is 5.75 Å². The summed E-state index contributed by atoms with van der Waals surface area (Å²) in [5.74, 6) is -5.96. The zero-order valence-electron chi connectivity index (χ0n) is 14.4. The number of carboxylic acids is 2. The minimum atomic E-state index is -5.46. The van der Waals surface area contributed by atoms with E-state index in [-0.39, 0.29) is 17.2 Å². The standard InChI is InChI=1S/C14H19ClO11P2/c1-26-10-5-3-8(15)6-7(10)2-4-9(11(13(16)17)27(20,21)22)12(14(18)19)28(23,24)25/h3,5-6,9,11-12H,2,4H2,1H3,(H,16,17)(H,18,19)(H2,20,21,22)(H2,23,24,25). The molecule has 0 amide bonds. The van der Waals surface area contributed by atoms with Crippen LogP contribution in [0.5, 0.6) is 5.75 Å². The lowest BCUT2D eigenvalue weighted by Crippen LogP contribution is -2.41. The summed E-state index contributed by atoms with van der Waals surface area (Å²) in [6.45, 7) is 0. The van der Waals surface area contributed by atoms with Crippen LogP contribution in [0, 0.1) is 5.92 Å². The van der Waals surface area contributed by atoms with Gasteiger partial charge in [-0.3, -0.25) is 18.7 Å². The van der Waals surface area contributed by atoms with E-state index < -0.39 is 50.8 Å². The molecule has 28 heavy (non-hydrogen) atoms. The molecule has 0 aliphatic carbocycles. The lowest BCUT2D eigenvalue weighted by molar-refractivity contribution is -0.140. The van der Waals surface area contributed by atoms with Crippen molar-refractivity contribution in [2.75, 3.05) is 7.11 Å². The summed E-state index contributed by atoms with van der Waals surface area (Å²) in [7, 11) is -9.61. The van der Waals surface area contributed by atoms with Crippen molar-refractivity contribution in [1.29, 1.82) is 0 Å². The highest BCUT2D eigenvalue weighted by Crippen LogP contribution is 2.54. The average molecular weight is 461 g/mol. The van der Waals surface area contributed by atoms with Gasteiger partial charge in [-0.15, -0.1) is 0 Å². The molecule has 11 nitrogen and oxygen atoms in total. The van der Waals surface area contributed by atoms with Crippen LogP contribution in [0.25, 0.3) is 0 Å². The Morgan fingerprint density at radius 3 is 1.86 bits per heavy atom. The first-order chi connectivity index (χ1) is 12.7. The van der Waals surface area contributed by atoms with E-state index in [2.05, 4.69) is 0 Å². The largest absolute Gasteiger partial charge is 0.496 e. The summed E-state index contributed by atoms with van der Waals surface area (Å²) in [6.07, 6.45) is -0.789. The molecule has 14 heteroatoms. The molecule has 0 saturated carbocycles. The predicted molar refractivity (Wildman–Crippen MR) is 96.8 cm³/mol. The van der Waals surface area contributed by atoms with E-state index in [1.807, 2.05) is 0 Å². The number of carbonyl (C=O) groups is 2. The third kappa shape index (κ3) is 6.28. The second kappa shape index (κ2) is 9.37. The van der Waals surface area contributed by atoms with E-state index in [9.17, 15) is 48.5 Å². The van der Waals surface area contributed by atoms with Crippen LogP contribution in [0.15, 0.2) is 18.2 Å². The van der Waals surface area contributed by atoms with Crippen molar-refractivity contribution in [3.63, 3.8) is 0 Å². The summed E-state index contributed by atoms with van der Waals surface area (Å²) in [4.78, 5) is 60.5. The van der Waals surface area contributed by atoms with Gasteiger partial charge in [0.2, 0.25) is 0 Å². The number of aryl methyl sites for hydroxylation is 1. The van der Waals surface area contributed by atoms with Crippen molar-refractivity contribution in [2.45, 2.75) is 24.2 Å². The fraction of sp³-hybridized carbons (Fsp3) is 0.429. The van der Waals surface area contributed by atoms with Crippen LogP contribution in [0.4, 0.5) is 0 Å². The Bertz CT molecular complexity index is 791. The van der Waals surface area contributed by atoms with Gasteiger partial charge >= 0.3 is 27.1 Å². The van der Waals surface area contributed by atoms with Gasteiger partial charge in [0.15, 0.2) is 11.3 Å². The maximum atomic E-state index is 11.7. The first-order valence-corrected chi connectivity index (χ1v) is 11.3. The van der Waals surface area contributed by atoms with Gasteiger partial charge in [0.05, 0.1) is 7.11 Å². The van der Waals surface area contributed by atoms with Crippen molar-refractivity contribution in [1.82, 2.24) is 0 Å². The molecule has 0 heterocycles. The number of aliphatic carboxylic acids is 2. The lowest BCUT2D eigenvalue weighted by atomic mass is 9.92. The van der Waals surface area contributed by atoms with Crippen LogP contribution in [0.2, 0.25) is 5.02 Å². The second-order valence-corrected chi connectivity index (χ2v) is 9.81. The molecule has 0 fully saturated rings. The van der Waals surface area contributed by atoms with Crippen molar-refractivity contribution in [2.24, 2.45) is 5.92 Å². The van der Waals surface area contributed by atoms with E-state index in [1.54, 1.807) is 0 Å². The number of ether oxygens (including phenoxy) is 1. The number of rotatable bonds is 10. The monoisotopic (exact) mass is 460 g/mol. The third-order valence-corrected chi connectivity index (χ3v) is 6.92. The first kappa shape index (κ1) is 24.6. The fourth-order valence-corrected chi connectivity index (χ4v) is 5.45. The van der Waals surface area contributed by atoms with Gasteiger partial charge in [-0.05, 0) is 36.6 Å². The van der Waals surface area contributed by atoms with E-state index >= 15 is 0 Å². The summed E-state index contributed by atoms with van der Waals surface area (Å²) in [6, 6.07) is 4.34. The quantitative estimate of drug-likeness (QED) is 0.274. The Morgan fingerprint density at radius 2 is 1.50 bits per heavy atom. The molecule has 6 N–H and O–H groups in total. The molecule has 0 bridgehead atoms. The van der Waals surface area contributed by atoms with Crippen LogP contribution in [-0.2, 0) is 25.1 Å². The van der Waals surface area contributed by atoms with Gasteiger partial charge in [0.1, 0.15) is 5.75 Å². The van der Waals surface area contributed by atoms with Crippen molar-refractivity contribution in [3.05, 3.63) is 28.8 Å². The first-order valence-electron chi connectivity index (χ1n) is 7.58. The fourth-order valence-electron chi connectivity index (χ4n) is 2.91. The zero-order chi connectivity index (χ0) is 21.9. The molecule has 1 aromatic rings. The number of carboxylic acid groups (broad SMARTS) is 2. The topological polar surface area (TPSA) is 199 Å². The van der Waals surface area contributed by atoms with Crippen molar-refractivity contribution >= 4 is 38.7 Å². The summed E-state index contributed by atoms with van der Waals surface area (Å²) in [5, 5.41) is 18.7. The van der Waals surface area contributed by atoms with E-state index in [4.69, 9.17) is 16.3 Å². The molecule has 2 unspecified atom stereocenters. The van der Waals surface area contributed by atoms with Gasteiger partial charge in [-0.25, -0.2) is 0 Å². The number of halogens is 1. The number of methoxy groups -OCH3 is 1. The highest BCUT2D eigenvalue weighted by atomic mass is 35.5. The summed E-state index contributed by atoms with van der Waals surface area (Å²) >= 11 is 5.87. The average Bonchev–Trinajstić information content (AvgIpc) is 2.49. The van der Waals surface area contributed by atoms with Crippen LogP contribution < -0.4 is 4.74 Å². The van der Waals surface area contributed by atoms with Gasteiger partial charge in [-0.1, -0.05) is 11.6 Å². The molecule has 0 spiro atoms. The maximum Gasteiger partial charge on any atom is 0.340 e. The zero-order valence-corrected chi connectivity index (χ0v) is 16.9. The van der Waals surface area contributed by atoms with Crippen LogP contribution in [0.1, 0.15) is 12.0 Å². The Labute approximate surface area is 164 Å². The normalized spacial score (nSPS) is 15.5. The Kier molecular flexibility index (Phi) is 8.22. The van der Waals surface area contributed by atoms with Crippen LogP contribution in [-0.4, -0.2) is 60.2 Å². The van der Waals surface area contributed by atoms with Crippen LogP contribution >= 0.6 is 26.8 Å². The maximum absolute atomic E-state index is 11.7. The third-order valence-electron chi connectivity index (χ3n) is 4.03.